The Morgan fingerprint density at radius 3 is 2.96 bits per heavy atom. The number of anilines is 2. The van der Waals surface area contributed by atoms with Gasteiger partial charge in [-0.1, -0.05) is 0 Å². The van der Waals surface area contributed by atoms with Crippen LogP contribution in [-0.4, -0.2) is 34.5 Å². The normalized spacial score (nSPS) is 11.2. The molecule has 134 valence electrons. The Hall–Kier alpha value is -3.22. The Balaban J connectivity index is 1.91. The summed E-state index contributed by atoms with van der Waals surface area (Å²) in [4.78, 5) is 12.7. The molecule has 3 heterocycles. The molecule has 0 aliphatic carbocycles. The van der Waals surface area contributed by atoms with Gasteiger partial charge in [0.05, 0.1) is 0 Å². The average molecular weight is 353 g/mol. The molecule has 6 nitrogen and oxygen atoms in total. The second-order valence-electron chi connectivity index (χ2n) is 5.67. The van der Waals surface area contributed by atoms with E-state index in [9.17, 15) is 4.39 Å². The van der Waals surface area contributed by atoms with Crippen molar-refractivity contribution in [2.24, 2.45) is 12.0 Å². The van der Waals surface area contributed by atoms with E-state index < -0.39 is 6.67 Å². The van der Waals surface area contributed by atoms with Crippen LogP contribution in [0.1, 0.15) is 11.3 Å². The van der Waals surface area contributed by atoms with E-state index in [1.54, 1.807) is 24.5 Å². The summed E-state index contributed by atoms with van der Waals surface area (Å²) in [5, 5.41) is 4.22. The Bertz CT molecular complexity index is 964. The number of halogens is 1. The number of aliphatic imine (C=N–C) groups is 1. The standard InChI is InChI=1S/C19H20FN5O/c1-13-15-4-5-17(24-19(15)25(3)16(13)7-9-21-2)23-18-12-14(6-10-22-18)26-11-8-20/h4-7,9-10,12H,2,8,11H2,1,3H3,(H,22,23,24)/b9-7-. The van der Waals surface area contributed by atoms with Crippen molar-refractivity contribution in [2.75, 3.05) is 18.6 Å². The monoisotopic (exact) mass is 353 g/mol. The van der Waals surface area contributed by atoms with Gasteiger partial charge in [0, 0.05) is 36.6 Å². The van der Waals surface area contributed by atoms with Gasteiger partial charge in [0.2, 0.25) is 0 Å². The van der Waals surface area contributed by atoms with Gasteiger partial charge in [-0.3, -0.25) is 4.99 Å². The van der Waals surface area contributed by atoms with Gasteiger partial charge in [0.25, 0.3) is 0 Å². The number of pyridine rings is 2. The van der Waals surface area contributed by atoms with Crippen LogP contribution in [-0.2, 0) is 7.05 Å². The van der Waals surface area contributed by atoms with E-state index in [1.165, 1.54) is 0 Å². The quantitative estimate of drug-likeness (QED) is 0.651. The molecule has 3 aromatic heterocycles. The molecule has 0 spiro atoms. The number of alkyl halides is 1. The zero-order valence-electron chi connectivity index (χ0n) is 14.7. The van der Waals surface area contributed by atoms with Crippen LogP contribution in [0.25, 0.3) is 17.1 Å². The fourth-order valence-corrected chi connectivity index (χ4v) is 2.79. The first-order valence-electron chi connectivity index (χ1n) is 8.14. The second kappa shape index (κ2) is 7.77. The lowest BCUT2D eigenvalue weighted by Gasteiger charge is -2.08. The lowest BCUT2D eigenvalue weighted by molar-refractivity contribution is 0.273. The predicted molar refractivity (Wildman–Crippen MR) is 103 cm³/mol. The highest BCUT2D eigenvalue weighted by atomic mass is 19.1. The molecular formula is C19H20FN5O. The first kappa shape index (κ1) is 17.6. The molecular weight excluding hydrogens is 333 g/mol. The summed E-state index contributed by atoms with van der Waals surface area (Å²) < 4.78 is 19.5. The lowest BCUT2D eigenvalue weighted by atomic mass is 10.2. The van der Waals surface area contributed by atoms with E-state index in [1.807, 2.05) is 36.7 Å². The summed E-state index contributed by atoms with van der Waals surface area (Å²) in [6.45, 7) is 5.00. The third-order valence-corrected chi connectivity index (χ3v) is 4.01. The highest BCUT2D eigenvalue weighted by Gasteiger charge is 2.12. The van der Waals surface area contributed by atoms with Crippen molar-refractivity contribution in [2.45, 2.75) is 6.92 Å². The molecule has 0 saturated heterocycles. The average Bonchev–Trinajstić information content (AvgIpc) is 2.89. The van der Waals surface area contributed by atoms with Crippen LogP contribution >= 0.6 is 0 Å². The number of nitrogens with one attached hydrogen (secondary N) is 1. The van der Waals surface area contributed by atoms with Crippen molar-refractivity contribution < 1.29 is 9.13 Å². The number of nitrogens with zero attached hydrogens (tertiary/aromatic N) is 4. The number of fused-ring (bicyclic) bond motifs is 1. The van der Waals surface area contributed by atoms with E-state index in [4.69, 9.17) is 4.74 Å². The number of hydrogen-bond acceptors (Lipinski definition) is 5. The topological polar surface area (TPSA) is 64.3 Å². The molecule has 0 amide bonds. The van der Waals surface area contributed by atoms with Crippen molar-refractivity contribution in [1.82, 2.24) is 14.5 Å². The van der Waals surface area contributed by atoms with Gasteiger partial charge in [-0.15, -0.1) is 0 Å². The largest absolute Gasteiger partial charge is 0.491 e. The SMILES string of the molecule is C=N/C=C\c1c(C)c2ccc(Nc3cc(OCCF)ccn3)nc2n1C. The number of rotatable bonds is 7. The third-order valence-electron chi connectivity index (χ3n) is 4.01. The highest BCUT2D eigenvalue weighted by Crippen LogP contribution is 2.27. The van der Waals surface area contributed by atoms with Gasteiger partial charge >= 0.3 is 0 Å². The zero-order chi connectivity index (χ0) is 18.5. The number of hydrogen-bond donors (Lipinski definition) is 1. The molecule has 3 aromatic rings. The first-order chi connectivity index (χ1) is 12.6. The molecule has 26 heavy (non-hydrogen) atoms. The van der Waals surface area contributed by atoms with Crippen LogP contribution in [0.2, 0.25) is 0 Å². The Labute approximate surface area is 151 Å². The Kier molecular flexibility index (Phi) is 5.26. The van der Waals surface area contributed by atoms with E-state index in [0.29, 0.717) is 17.4 Å². The van der Waals surface area contributed by atoms with Gasteiger partial charge in [-0.05, 0) is 43.5 Å². The van der Waals surface area contributed by atoms with E-state index in [2.05, 4.69) is 27.0 Å². The van der Waals surface area contributed by atoms with Gasteiger partial charge in [-0.2, -0.15) is 0 Å². The third kappa shape index (κ3) is 3.56. The lowest BCUT2D eigenvalue weighted by Crippen LogP contribution is -2.01. The van der Waals surface area contributed by atoms with Crippen LogP contribution in [0.5, 0.6) is 5.75 Å². The second-order valence-corrected chi connectivity index (χ2v) is 5.67. The highest BCUT2D eigenvalue weighted by molar-refractivity contribution is 5.86. The molecule has 3 rings (SSSR count). The minimum Gasteiger partial charge on any atom is -0.491 e. The van der Waals surface area contributed by atoms with Crippen LogP contribution in [0.3, 0.4) is 0 Å². The maximum Gasteiger partial charge on any atom is 0.142 e. The maximum atomic E-state index is 12.2. The fourth-order valence-electron chi connectivity index (χ4n) is 2.79. The minimum atomic E-state index is -0.533. The molecule has 0 unspecified atom stereocenters. The fraction of sp³-hybridized carbons (Fsp3) is 0.211. The Morgan fingerprint density at radius 2 is 2.19 bits per heavy atom. The molecule has 0 atom stereocenters. The summed E-state index contributed by atoms with van der Waals surface area (Å²) in [7, 11) is 1.96. The van der Waals surface area contributed by atoms with Crippen molar-refractivity contribution in [3.63, 3.8) is 0 Å². The molecule has 0 aliphatic rings. The molecule has 0 aliphatic heterocycles. The van der Waals surface area contributed by atoms with Crippen LogP contribution < -0.4 is 10.1 Å². The Morgan fingerprint density at radius 1 is 1.35 bits per heavy atom. The summed E-state index contributed by atoms with van der Waals surface area (Å²) in [6.07, 6.45) is 5.17. The number of aromatic nitrogens is 3. The van der Waals surface area contributed by atoms with Crippen LogP contribution in [0, 0.1) is 6.92 Å². The van der Waals surface area contributed by atoms with Crippen molar-refractivity contribution in [1.29, 1.82) is 0 Å². The van der Waals surface area contributed by atoms with Gasteiger partial charge in [0.1, 0.15) is 36.3 Å². The molecule has 0 bridgehead atoms. The van der Waals surface area contributed by atoms with Crippen LogP contribution in [0.15, 0.2) is 41.7 Å². The summed E-state index contributed by atoms with van der Waals surface area (Å²) >= 11 is 0. The zero-order valence-corrected chi connectivity index (χ0v) is 14.7. The van der Waals surface area contributed by atoms with E-state index in [-0.39, 0.29) is 6.61 Å². The number of aryl methyl sites for hydroxylation is 2. The van der Waals surface area contributed by atoms with E-state index in [0.717, 1.165) is 22.3 Å². The molecule has 0 aromatic carbocycles. The summed E-state index contributed by atoms with van der Waals surface area (Å²) in [6, 6.07) is 7.31. The van der Waals surface area contributed by atoms with Crippen molar-refractivity contribution in [3.05, 3.63) is 47.9 Å². The maximum absolute atomic E-state index is 12.2. The number of ether oxygens (including phenoxy) is 1. The van der Waals surface area contributed by atoms with Gasteiger partial charge in [0.15, 0.2) is 0 Å². The van der Waals surface area contributed by atoms with E-state index >= 15 is 0 Å². The van der Waals surface area contributed by atoms with Gasteiger partial charge < -0.3 is 14.6 Å². The van der Waals surface area contributed by atoms with Gasteiger partial charge in [-0.25, -0.2) is 14.4 Å². The molecule has 7 heteroatoms. The summed E-state index contributed by atoms with van der Waals surface area (Å²) in [5.74, 6) is 1.79. The minimum absolute atomic E-state index is 0.0200. The smallest absolute Gasteiger partial charge is 0.142 e. The van der Waals surface area contributed by atoms with Crippen LogP contribution in [0.4, 0.5) is 16.0 Å². The molecule has 0 saturated carbocycles. The molecule has 1 N–H and O–H groups in total. The molecule has 0 radical (unpaired) electrons. The first-order valence-corrected chi connectivity index (χ1v) is 8.14. The van der Waals surface area contributed by atoms with Crippen molar-refractivity contribution >= 4 is 35.5 Å². The van der Waals surface area contributed by atoms with Crippen molar-refractivity contribution in [3.8, 4) is 5.75 Å². The molecule has 0 fully saturated rings. The summed E-state index contributed by atoms with van der Waals surface area (Å²) in [5.41, 5.74) is 3.00. The predicted octanol–water partition coefficient (Wildman–Crippen LogP) is 4.04.